The van der Waals surface area contributed by atoms with Gasteiger partial charge in [-0.05, 0) is 23.8 Å². The van der Waals surface area contributed by atoms with Gasteiger partial charge in [-0.1, -0.05) is 30.3 Å². The van der Waals surface area contributed by atoms with Gasteiger partial charge in [-0.25, -0.2) is 0 Å². The first-order chi connectivity index (χ1) is 12.8. The van der Waals surface area contributed by atoms with Crippen LogP contribution in [0.25, 0.3) is 10.6 Å². The molecule has 0 amide bonds. The van der Waals surface area contributed by atoms with Crippen LogP contribution < -0.4 is 0 Å². The van der Waals surface area contributed by atoms with E-state index in [9.17, 15) is 5.11 Å². The summed E-state index contributed by atoms with van der Waals surface area (Å²) in [4.78, 5) is 7.24. The zero-order valence-corrected chi connectivity index (χ0v) is 15.5. The van der Waals surface area contributed by atoms with E-state index in [-0.39, 0.29) is 6.10 Å². The highest BCUT2D eigenvalue weighted by atomic mass is 32.1. The average molecular weight is 369 g/mol. The molecule has 0 saturated carbocycles. The van der Waals surface area contributed by atoms with E-state index in [4.69, 9.17) is 0 Å². The van der Waals surface area contributed by atoms with E-state index < -0.39 is 0 Å². The highest BCUT2D eigenvalue weighted by Gasteiger charge is 2.21. The highest BCUT2D eigenvalue weighted by Crippen LogP contribution is 2.27. The predicted octanol–water partition coefficient (Wildman–Crippen LogP) is 2.82. The van der Waals surface area contributed by atoms with Crippen molar-refractivity contribution in [3.05, 3.63) is 65.2 Å². The minimum atomic E-state index is -0.312. The zero-order chi connectivity index (χ0) is 17.8. The van der Waals surface area contributed by atoms with Crippen molar-refractivity contribution in [3.8, 4) is 10.6 Å². The lowest BCUT2D eigenvalue weighted by Crippen LogP contribution is -2.33. The molecule has 1 atom stereocenters. The highest BCUT2D eigenvalue weighted by molar-refractivity contribution is 7.15. The molecular weight excluding hydrogens is 344 g/mol. The number of aromatic nitrogens is 2. The Kier molecular flexibility index (Phi) is 5.45. The Bertz CT molecular complexity index is 802. The summed E-state index contributed by atoms with van der Waals surface area (Å²) >= 11 is 1.79. The minimum Gasteiger partial charge on any atom is -0.390 e. The van der Waals surface area contributed by atoms with E-state index in [1.807, 2.05) is 12.1 Å². The molecule has 3 heterocycles. The fourth-order valence-electron chi connectivity index (χ4n) is 3.47. The zero-order valence-electron chi connectivity index (χ0n) is 14.7. The van der Waals surface area contributed by atoms with Crippen LogP contribution in [0.3, 0.4) is 0 Å². The Morgan fingerprint density at radius 3 is 2.50 bits per heavy atom. The third-order valence-corrected chi connectivity index (χ3v) is 5.83. The Morgan fingerprint density at radius 1 is 1.00 bits per heavy atom. The fourth-order valence-corrected chi connectivity index (χ4v) is 4.49. The molecule has 1 aromatic carbocycles. The summed E-state index contributed by atoms with van der Waals surface area (Å²) in [5.74, 6) is 0. The largest absolute Gasteiger partial charge is 0.390 e. The SMILES string of the molecule is O[C@@H]1CN(Cc2ccccc2)CCN(Cc2ccc(-c3ccn[nH]3)s2)C1. The maximum Gasteiger partial charge on any atom is 0.0794 e. The summed E-state index contributed by atoms with van der Waals surface area (Å²) in [6.45, 7) is 5.19. The van der Waals surface area contributed by atoms with Crippen LogP contribution in [0.4, 0.5) is 0 Å². The number of aromatic amines is 1. The standard InChI is InChI=1S/C20H24N4OS/c25-17-13-23(12-16-4-2-1-3-5-16)10-11-24(14-17)15-18-6-7-20(26-18)19-8-9-21-22-19/h1-9,17,25H,10-15H2,(H,21,22)/t17-/m1/s1. The van der Waals surface area contributed by atoms with Gasteiger partial charge < -0.3 is 5.11 Å². The van der Waals surface area contributed by atoms with Crippen molar-refractivity contribution in [1.29, 1.82) is 0 Å². The minimum absolute atomic E-state index is 0.312. The Balaban J connectivity index is 1.36. The number of rotatable bonds is 5. The first-order valence-corrected chi connectivity index (χ1v) is 9.83. The topological polar surface area (TPSA) is 55.4 Å². The third-order valence-electron chi connectivity index (χ3n) is 4.73. The first-order valence-electron chi connectivity index (χ1n) is 9.01. The molecular formula is C20H24N4OS. The van der Waals surface area contributed by atoms with Gasteiger partial charge in [0, 0.05) is 50.3 Å². The Hall–Kier alpha value is -1.99. The number of β-amino-alcohol motifs (C(OH)–C–C–N with tert-alkyl or cyclic N) is 1. The van der Waals surface area contributed by atoms with Crippen molar-refractivity contribution in [2.45, 2.75) is 19.2 Å². The van der Waals surface area contributed by atoms with Gasteiger partial charge >= 0.3 is 0 Å². The quantitative estimate of drug-likeness (QED) is 0.727. The van der Waals surface area contributed by atoms with E-state index >= 15 is 0 Å². The van der Waals surface area contributed by atoms with Crippen molar-refractivity contribution in [1.82, 2.24) is 20.0 Å². The second-order valence-electron chi connectivity index (χ2n) is 6.85. The number of aliphatic hydroxyl groups is 1. The van der Waals surface area contributed by atoms with Crippen molar-refractivity contribution >= 4 is 11.3 Å². The van der Waals surface area contributed by atoms with Crippen LogP contribution in [0.15, 0.2) is 54.7 Å². The number of aliphatic hydroxyl groups excluding tert-OH is 1. The molecule has 6 heteroatoms. The van der Waals surface area contributed by atoms with Crippen molar-refractivity contribution in [3.63, 3.8) is 0 Å². The van der Waals surface area contributed by atoms with Crippen LogP contribution in [0, 0.1) is 0 Å². The summed E-state index contributed by atoms with van der Waals surface area (Å²) in [6.07, 6.45) is 1.47. The van der Waals surface area contributed by atoms with E-state index in [0.29, 0.717) is 0 Å². The lowest BCUT2D eigenvalue weighted by atomic mass is 10.2. The maximum absolute atomic E-state index is 10.4. The number of hydrogen-bond donors (Lipinski definition) is 2. The molecule has 0 unspecified atom stereocenters. The van der Waals surface area contributed by atoms with Gasteiger partial charge in [0.2, 0.25) is 0 Å². The van der Waals surface area contributed by atoms with E-state index in [0.717, 1.165) is 45.0 Å². The smallest absolute Gasteiger partial charge is 0.0794 e. The number of benzene rings is 1. The molecule has 2 N–H and O–H groups in total. The Labute approximate surface area is 157 Å². The molecule has 136 valence electrons. The number of nitrogens with zero attached hydrogens (tertiary/aromatic N) is 3. The van der Waals surface area contributed by atoms with Crippen LogP contribution >= 0.6 is 11.3 Å². The number of H-pyrrole nitrogens is 1. The summed E-state index contributed by atoms with van der Waals surface area (Å²) in [7, 11) is 0. The Morgan fingerprint density at radius 2 is 1.77 bits per heavy atom. The number of hydrogen-bond acceptors (Lipinski definition) is 5. The summed E-state index contributed by atoms with van der Waals surface area (Å²) in [5, 5.41) is 17.5. The van der Waals surface area contributed by atoms with Gasteiger partial charge in [0.25, 0.3) is 0 Å². The van der Waals surface area contributed by atoms with Crippen molar-refractivity contribution < 1.29 is 5.11 Å². The maximum atomic E-state index is 10.4. The molecule has 1 fully saturated rings. The van der Waals surface area contributed by atoms with Gasteiger partial charge in [0.15, 0.2) is 0 Å². The molecule has 1 aliphatic heterocycles. The van der Waals surface area contributed by atoms with Crippen molar-refractivity contribution in [2.75, 3.05) is 26.2 Å². The third kappa shape index (κ3) is 4.40. The monoisotopic (exact) mass is 368 g/mol. The lowest BCUT2D eigenvalue weighted by Gasteiger charge is -2.21. The number of nitrogens with one attached hydrogen (secondary N) is 1. The normalized spacial score (nSPS) is 19.5. The molecule has 4 rings (SSSR count). The van der Waals surface area contributed by atoms with Crippen LogP contribution in [0.5, 0.6) is 0 Å². The molecule has 5 nitrogen and oxygen atoms in total. The molecule has 0 aliphatic carbocycles. The predicted molar refractivity (Wildman–Crippen MR) is 105 cm³/mol. The summed E-state index contributed by atoms with van der Waals surface area (Å²) < 4.78 is 0. The second-order valence-corrected chi connectivity index (χ2v) is 8.01. The first kappa shape index (κ1) is 17.4. The molecule has 3 aromatic rings. The molecule has 0 spiro atoms. The van der Waals surface area contributed by atoms with Crippen LogP contribution in [0.1, 0.15) is 10.4 Å². The molecule has 26 heavy (non-hydrogen) atoms. The van der Waals surface area contributed by atoms with Crippen LogP contribution in [0.2, 0.25) is 0 Å². The lowest BCUT2D eigenvalue weighted by molar-refractivity contribution is 0.106. The van der Waals surface area contributed by atoms with Gasteiger partial charge in [-0.2, -0.15) is 5.10 Å². The second kappa shape index (κ2) is 8.14. The molecule has 1 saturated heterocycles. The molecule has 0 bridgehead atoms. The molecule has 2 aromatic heterocycles. The fraction of sp³-hybridized carbons (Fsp3) is 0.350. The van der Waals surface area contributed by atoms with Gasteiger partial charge in [0.05, 0.1) is 16.7 Å². The van der Waals surface area contributed by atoms with Crippen LogP contribution in [-0.4, -0.2) is 57.4 Å². The van der Waals surface area contributed by atoms with Crippen LogP contribution in [-0.2, 0) is 13.1 Å². The van der Waals surface area contributed by atoms with E-state index in [1.165, 1.54) is 15.3 Å². The number of thiophene rings is 1. The van der Waals surface area contributed by atoms with Gasteiger partial charge in [0.1, 0.15) is 0 Å². The van der Waals surface area contributed by atoms with Gasteiger partial charge in [-0.15, -0.1) is 11.3 Å². The summed E-state index contributed by atoms with van der Waals surface area (Å²) in [6, 6.07) is 16.8. The summed E-state index contributed by atoms with van der Waals surface area (Å²) in [5.41, 5.74) is 2.36. The van der Waals surface area contributed by atoms with E-state index in [2.05, 4.69) is 56.4 Å². The van der Waals surface area contributed by atoms with E-state index in [1.54, 1.807) is 17.5 Å². The molecule has 0 radical (unpaired) electrons. The van der Waals surface area contributed by atoms with Crippen molar-refractivity contribution in [2.24, 2.45) is 0 Å². The molecule has 1 aliphatic rings. The average Bonchev–Trinajstić information content (AvgIpc) is 3.28. The van der Waals surface area contributed by atoms with Gasteiger partial charge in [-0.3, -0.25) is 14.9 Å².